The lowest BCUT2D eigenvalue weighted by molar-refractivity contribution is -0.146. The van der Waals surface area contributed by atoms with Gasteiger partial charge in [-0.1, -0.05) is 0 Å². The zero-order valence-corrected chi connectivity index (χ0v) is 12.4. The van der Waals surface area contributed by atoms with E-state index in [9.17, 15) is 4.79 Å². The predicted molar refractivity (Wildman–Crippen MR) is 79.9 cm³/mol. The van der Waals surface area contributed by atoms with E-state index in [1.54, 1.807) is 12.5 Å². The monoisotopic (exact) mass is 288 g/mol. The molecule has 1 aliphatic carbocycles. The first-order valence-corrected chi connectivity index (χ1v) is 7.29. The van der Waals surface area contributed by atoms with Gasteiger partial charge in [0.2, 0.25) is 0 Å². The van der Waals surface area contributed by atoms with E-state index in [1.165, 1.54) is 7.11 Å². The average molecular weight is 288 g/mol. The normalized spacial score (nSPS) is 22.2. The van der Waals surface area contributed by atoms with Crippen LogP contribution in [0.1, 0.15) is 25.7 Å². The van der Waals surface area contributed by atoms with Crippen LogP contribution in [0, 0.1) is 5.92 Å². The molecule has 0 bridgehead atoms. The summed E-state index contributed by atoms with van der Waals surface area (Å²) in [5.74, 6) is 0.791. The Bertz CT molecular complexity index is 644. The molecule has 1 aliphatic rings. The lowest BCUT2D eigenvalue weighted by atomic mass is 9.86. The maximum absolute atomic E-state index is 11.5. The van der Waals surface area contributed by atoms with Gasteiger partial charge in [-0.15, -0.1) is 0 Å². The van der Waals surface area contributed by atoms with E-state index in [0.717, 1.165) is 42.5 Å². The Morgan fingerprint density at radius 2 is 2.10 bits per heavy atom. The van der Waals surface area contributed by atoms with Gasteiger partial charge < -0.3 is 14.6 Å². The zero-order chi connectivity index (χ0) is 14.8. The molecule has 112 valence electrons. The lowest BCUT2D eigenvalue weighted by Gasteiger charge is -2.27. The number of anilines is 1. The van der Waals surface area contributed by atoms with Crippen LogP contribution in [0.5, 0.6) is 0 Å². The van der Waals surface area contributed by atoms with Crippen molar-refractivity contribution in [3.63, 3.8) is 0 Å². The number of ether oxygens (including phenoxy) is 1. The van der Waals surface area contributed by atoms with Gasteiger partial charge in [0.1, 0.15) is 5.52 Å². The van der Waals surface area contributed by atoms with E-state index in [0.29, 0.717) is 6.04 Å². The molecule has 0 atom stereocenters. The Kier molecular flexibility index (Phi) is 3.77. The molecule has 2 heterocycles. The molecule has 0 saturated heterocycles. The van der Waals surface area contributed by atoms with Crippen LogP contribution in [0.3, 0.4) is 0 Å². The largest absolute Gasteiger partial charge is 0.469 e. The average Bonchev–Trinajstić information content (AvgIpc) is 2.90. The summed E-state index contributed by atoms with van der Waals surface area (Å²) in [5, 5.41) is 3.48. The summed E-state index contributed by atoms with van der Waals surface area (Å²) in [5.41, 5.74) is 1.96. The van der Waals surface area contributed by atoms with E-state index in [1.807, 2.05) is 17.7 Å². The van der Waals surface area contributed by atoms with Crippen molar-refractivity contribution in [1.29, 1.82) is 0 Å². The minimum Gasteiger partial charge on any atom is -0.469 e. The Morgan fingerprint density at radius 3 is 2.81 bits per heavy atom. The molecule has 6 heteroatoms. The Morgan fingerprint density at radius 1 is 1.33 bits per heavy atom. The van der Waals surface area contributed by atoms with Gasteiger partial charge in [-0.2, -0.15) is 0 Å². The molecule has 1 saturated carbocycles. The van der Waals surface area contributed by atoms with Crippen molar-refractivity contribution < 1.29 is 9.53 Å². The fourth-order valence-electron chi connectivity index (χ4n) is 3.00. The molecule has 0 spiro atoms. The number of nitrogens with one attached hydrogen (secondary N) is 1. The first-order valence-electron chi connectivity index (χ1n) is 7.29. The van der Waals surface area contributed by atoms with Gasteiger partial charge >= 0.3 is 5.97 Å². The summed E-state index contributed by atoms with van der Waals surface area (Å²) < 4.78 is 6.80. The quantitative estimate of drug-likeness (QED) is 0.876. The SMILES string of the molecule is COC(=O)C1CCC(Nc2nccc3c2ncn3C)CC1. The van der Waals surface area contributed by atoms with Gasteiger partial charge in [-0.3, -0.25) is 4.79 Å². The number of carbonyl (C=O) groups is 1. The van der Waals surface area contributed by atoms with Crippen LogP contribution < -0.4 is 5.32 Å². The number of imidazole rings is 1. The highest BCUT2D eigenvalue weighted by Gasteiger charge is 2.27. The zero-order valence-electron chi connectivity index (χ0n) is 12.4. The molecule has 2 aromatic heterocycles. The Balaban J connectivity index is 1.68. The smallest absolute Gasteiger partial charge is 0.308 e. The van der Waals surface area contributed by atoms with Crippen LogP contribution in [0.15, 0.2) is 18.6 Å². The highest BCUT2D eigenvalue weighted by molar-refractivity contribution is 5.85. The fraction of sp³-hybridized carbons (Fsp3) is 0.533. The number of aromatic nitrogens is 3. The maximum Gasteiger partial charge on any atom is 0.308 e. The summed E-state index contributed by atoms with van der Waals surface area (Å²) in [6.45, 7) is 0. The summed E-state index contributed by atoms with van der Waals surface area (Å²) in [4.78, 5) is 20.4. The molecule has 0 radical (unpaired) electrons. The van der Waals surface area contributed by atoms with Crippen molar-refractivity contribution in [2.45, 2.75) is 31.7 Å². The maximum atomic E-state index is 11.5. The Hall–Kier alpha value is -2.11. The first kappa shape index (κ1) is 13.9. The number of nitrogens with zero attached hydrogens (tertiary/aromatic N) is 3. The first-order chi connectivity index (χ1) is 10.2. The van der Waals surface area contributed by atoms with Crippen molar-refractivity contribution in [2.24, 2.45) is 13.0 Å². The molecule has 1 fully saturated rings. The fourth-order valence-corrected chi connectivity index (χ4v) is 3.00. The van der Waals surface area contributed by atoms with E-state index in [4.69, 9.17) is 4.74 Å². The summed E-state index contributed by atoms with van der Waals surface area (Å²) in [6, 6.07) is 2.30. The predicted octanol–water partition coefficient (Wildman–Crippen LogP) is 2.11. The van der Waals surface area contributed by atoms with Crippen LogP contribution >= 0.6 is 0 Å². The van der Waals surface area contributed by atoms with Gasteiger partial charge in [0.05, 0.1) is 24.9 Å². The summed E-state index contributed by atoms with van der Waals surface area (Å²) in [6.07, 6.45) is 7.22. The highest BCUT2D eigenvalue weighted by Crippen LogP contribution is 2.28. The third-order valence-corrected chi connectivity index (χ3v) is 4.25. The third-order valence-electron chi connectivity index (χ3n) is 4.25. The van der Waals surface area contributed by atoms with Crippen molar-refractivity contribution in [1.82, 2.24) is 14.5 Å². The molecule has 1 N–H and O–H groups in total. The van der Waals surface area contributed by atoms with E-state index >= 15 is 0 Å². The number of aryl methyl sites for hydroxylation is 1. The van der Waals surface area contributed by atoms with Crippen LogP contribution in [0.25, 0.3) is 11.0 Å². The minimum atomic E-state index is -0.0848. The number of rotatable bonds is 3. The van der Waals surface area contributed by atoms with Gasteiger partial charge in [0, 0.05) is 19.3 Å². The molecule has 0 unspecified atom stereocenters. The molecule has 2 aromatic rings. The Labute approximate surface area is 123 Å². The standard InChI is InChI=1S/C15H20N4O2/c1-19-9-17-13-12(19)7-8-16-14(13)18-11-5-3-10(4-6-11)15(20)21-2/h7-11H,3-6H2,1-2H3,(H,16,18). The van der Waals surface area contributed by atoms with Crippen LogP contribution in [0.2, 0.25) is 0 Å². The summed E-state index contributed by atoms with van der Waals surface area (Å²) in [7, 11) is 3.43. The van der Waals surface area contributed by atoms with Crippen LogP contribution in [-0.4, -0.2) is 33.7 Å². The molecular weight excluding hydrogens is 268 g/mol. The number of carbonyl (C=O) groups excluding carboxylic acids is 1. The number of fused-ring (bicyclic) bond motifs is 1. The number of esters is 1. The molecule has 0 amide bonds. The van der Waals surface area contributed by atoms with Gasteiger partial charge in [0.25, 0.3) is 0 Å². The van der Waals surface area contributed by atoms with E-state index in [2.05, 4.69) is 15.3 Å². The summed E-state index contributed by atoms with van der Waals surface area (Å²) >= 11 is 0. The van der Waals surface area contributed by atoms with Crippen molar-refractivity contribution >= 4 is 22.8 Å². The second-order valence-electron chi connectivity index (χ2n) is 5.60. The van der Waals surface area contributed by atoms with Crippen LogP contribution in [-0.2, 0) is 16.6 Å². The van der Waals surface area contributed by atoms with Gasteiger partial charge in [0.15, 0.2) is 5.82 Å². The molecule has 0 aliphatic heterocycles. The number of methoxy groups -OCH3 is 1. The highest BCUT2D eigenvalue weighted by atomic mass is 16.5. The molecule has 0 aromatic carbocycles. The van der Waals surface area contributed by atoms with Crippen LogP contribution in [0.4, 0.5) is 5.82 Å². The van der Waals surface area contributed by atoms with E-state index < -0.39 is 0 Å². The van der Waals surface area contributed by atoms with E-state index in [-0.39, 0.29) is 11.9 Å². The lowest BCUT2D eigenvalue weighted by Crippen LogP contribution is -2.30. The topological polar surface area (TPSA) is 69.0 Å². The molecule has 3 rings (SSSR count). The number of pyridine rings is 1. The van der Waals surface area contributed by atoms with Crippen molar-refractivity contribution in [3.05, 3.63) is 18.6 Å². The molecular formula is C15H20N4O2. The minimum absolute atomic E-state index is 0.0478. The third kappa shape index (κ3) is 2.70. The number of hydrogen-bond acceptors (Lipinski definition) is 5. The van der Waals surface area contributed by atoms with Gasteiger partial charge in [-0.05, 0) is 31.7 Å². The second kappa shape index (κ2) is 5.71. The van der Waals surface area contributed by atoms with Gasteiger partial charge in [-0.25, -0.2) is 9.97 Å². The molecule has 6 nitrogen and oxygen atoms in total. The second-order valence-corrected chi connectivity index (χ2v) is 5.60. The molecule has 21 heavy (non-hydrogen) atoms. The van der Waals surface area contributed by atoms with Crippen molar-refractivity contribution in [3.8, 4) is 0 Å². The van der Waals surface area contributed by atoms with Crippen molar-refractivity contribution in [2.75, 3.05) is 12.4 Å². The number of hydrogen-bond donors (Lipinski definition) is 1.